The molecular weight excluding hydrogens is 332 g/mol. The monoisotopic (exact) mass is 354 g/mol. The van der Waals surface area contributed by atoms with Crippen molar-refractivity contribution >= 4 is 11.8 Å². The number of ether oxygens (including phenoxy) is 3. The predicted octanol–water partition coefficient (Wildman–Crippen LogP) is 2.56. The highest BCUT2D eigenvalue weighted by Gasteiger charge is 2.49. The van der Waals surface area contributed by atoms with Crippen molar-refractivity contribution in [3.63, 3.8) is 0 Å². The van der Waals surface area contributed by atoms with Crippen molar-refractivity contribution in [1.82, 2.24) is 5.32 Å². The van der Waals surface area contributed by atoms with Gasteiger partial charge in [-0.25, -0.2) is 4.79 Å². The topological polar surface area (TPSA) is 68.8 Å². The average molecular weight is 354 g/mol. The number of benzene rings is 2. The maximum absolute atomic E-state index is 12.1. The van der Waals surface area contributed by atoms with E-state index in [1.807, 2.05) is 48.5 Å². The van der Waals surface area contributed by atoms with Crippen LogP contribution in [0.3, 0.4) is 0 Å². The van der Waals surface area contributed by atoms with Crippen LogP contribution in [0.15, 0.2) is 60.7 Å². The molecule has 1 amide bonds. The molecule has 0 saturated carbocycles. The number of carbonyl (C=O) groups is 1. The average Bonchev–Trinajstić information content (AvgIpc) is 3.25. The van der Waals surface area contributed by atoms with Crippen LogP contribution >= 0.6 is 0 Å². The van der Waals surface area contributed by atoms with Gasteiger partial charge in [0.15, 0.2) is 6.10 Å². The fourth-order valence-corrected chi connectivity index (χ4v) is 3.39. The highest BCUT2D eigenvalue weighted by molar-refractivity contribution is 5.84. The predicted molar refractivity (Wildman–Crippen MR) is 96.9 cm³/mol. The second-order valence-electron chi connectivity index (χ2n) is 6.50. The molecule has 136 valence electrons. The lowest BCUT2D eigenvalue weighted by molar-refractivity contribution is 0.00854. The van der Waals surface area contributed by atoms with Gasteiger partial charge in [-0.3, -0.25) is 5.32 Å². The summed E-state index contributed by atoms with van der Waals surface area (Å²) in [4.78, 5) is 12.1. The van der Waals surface area contributed by atoms with E-state index in [2.05, 4.69) is 22.8 Å². The van der Waals surface area contributed by atoms with Gasteiger partial charge < -0.3 is 19.5 Å². The van der Waals surface area contributed by atoms with Gasteiger partial charge in [0, 0.05) is 12.2 Å². The number of hydrogen-bond donors (Lipinski definition) is 2. The van der Waals surface area contributed by atoms with Crippen LogP contribution < -0.4 is 10.6 Å². The number of para-hydroxylation sites is 1. The Hall–Kier alpha value is -2.41. The number of anilines is 1. The van der Waals surface area contributed by atoms with Crippen LogP contribution in [0.25, 0.3) is 0 Å². The van der Waals surface area contributed by atoms with E-state index < -0.39 is 12.2 Å². The van der Waals surface area contributed by atoms with E-state index in [-0.39, 0.29) is 18.2 Å². The second kappa shape index (κ2) is 7.86. The molecule has 0 spiro atoms. The minimum Gasteiger partial charge on any atom is -0.441 e. The van der Waals surface area contributed by atoms with Crippen molar-refractivity contribution in [3.05, 3.63) is 66.2 Å². The van der Waals surface area contributed by atoms with Crippen molar-refractivity contribution < 1.29 is 19.0 Å². The first-order valence-electron chi connectivity index (χ1n) is 8.83. The molecule has 2 saturated heterocycles. The number of fused-ring (bicyclic) bond motifs is 1. The Morgan fingerprint density at radius 1 is 0.962 bits per heavy atom. The Labute approximate surface area is 152 Å². The first-order valence-corrected chi connectivity index (χ1v) is 8.83. The highest BCUT2D eigenvalue weighted by atomic mass is 16.6. The normalized spacial score (nSPS) is 27.1. The number of nitrogens with one attached hydrogen (secondary N) is 2. The van der Waals surface area contributed by atoms with Crippen molar-refractivity contribution in [2.45, 2.75) is 30.9 Å². The molecule has 2 aliphatic heterocycles. The number of amides is 1. The third kappa shape index (κ3) is 3.88. The van der Waals surface area contributed by atoms with E-state index in [0.717, 1.165) is 6.54 Å². The van der Waals surface area contributed by atoms with E-state index in [4.69, 9.17) is 14.2 Å². The standard InChI is InChI=1S/C20H22N2O4/c23-20(22-15-9-5-2-6-10-15)26-17-13-25-18-16(12-24-19(17)18)21-11-14-7-3-1-4-8-14/h1-10,16-19,21H,11-13H2,(H,22,23)/t16-,17-,18-,19+/m1/s1. The fourth-order valence-electron chi connectivity index (χ4n) is 3.39. The van der Waals surface area contributed by atoms with Gasteiger partial charge in [0.25, 0.3) is 0 Å². The van der Waals surface area contributed by atoms with Crippen molar-refractivity contribution in [2.24, 2.45) is 0 Å². The largest absolute Gasteiger partial charge is 0.441 e. The molecule has 2 fully saturated rings. The van der Waals surface area contributed by atoms with Gasteiger partial charge in [-0.05, 0) is 17.7 Å². The molecule has 0 radical (unpaired) electrons. The second-order valence-corrected chi connectivity index (χ2v) is 6.50. The van der Waals surface area contributed by atoms with Crippen LogP contribution in [0, 0.1) is 0 Å². The fraction of sp³-hybridized carbons (Fsp3) is 0.350. The summed E-state index contributed by atoms with van der Waals surface area (Å²) in [6, 6.07) is 19.5. The third-order valence-electron chi connectivity index (χ3n) is 4.70. The molecule has 0 aromatic heterocycles. The van der Waals surface area contributed by atoms with Gasteiger partial charge >= 0.3 is 6.09 Å². The summed E-state index contributed by atoms with van der Waals surface area (Å²) >= 11 is 0. The molecule has 4 rings (SSSR count). The molecular formula is C20H22N2O4. The van der Waals surface area contributed by atoms with Crippen LogP contribution in [0.2, 0.25) is 0 Å². The Bertz CT molecular complexity index is 725. The Kier molecular flexibility index (Phi) is 5.15. The molecule has 2 N–H and O–H groups in total. The molecule has 2 aromatic rings. The van der Waals surface area contributed by atoms with Gasteiger partial charge in [0.2, 0.25) is 0 Å². The van der Waals surface area contributed by atoms with E-state index in [9.17, 15) is 4.79 Å². The summed E-state index contributed by atoms with van der Waals surface area (Å²) in [5.41, 5.74) is 1.91. The lowest BCUT2D eigenvalue weighted by Gasteiger charge is -2.18. The van der Waals surface area contributed by atoms with Crippen LogP contribution in [0.4, 0.5) is 10.5 Å². The SMILES string of the molecule is O=C(Nc1ccccc1)O[C@@H]1CO[C@H]2[C@H]1OC[C@H]2NCc1ccccc1. The third-order valence-corrected chi connectivity index (χ3v) is 4.70. The Morgan fingerprint density at radius 2 is 1.65 bits per heavy atom. The Balaban J connectivity index is 1.28. The summed E-state index contributed by atoms with van der Waals surface area (Å²) in [5.74, 6) is 0. The van der Waals surface area contributed by atoms with Gasteiger partial charge in [-0.1, -0.05) is 48.5 Å². The maximum Gasteiger partial charge on any atom is 0.412 e. The molecule has 6 nitrogen and oxygen atoms in total. The zero-order valence-electron chi connectivity index (χ0n) is 14.3. The summed E-state index contributed by atoms with van der Waals surface area (Å²) < 4.78 is 17.2. The lowest BCUT2D eigenvalue weighted by Crippen LogP contribution is -2.41. The molecule has 6 heteroatoms. The summed E-state index contributed by atoms with van der Waals surface area (Å²) in [5, 5.41) is 6.20. The first kappa shape index (κ1) is 17.0. The van der Waals surface area contributed by atoms with Crippen LogP contribution in [0.1, 0.15) is 5.56 Å². The zero-order chi connectivity index (χ0) is 17.8. The minimum atomic E-state index is -0.491. The molecule has 2 aliphatic rings. The van der Waals surface area contributed by atoms with Crippen molar-refractivity contribution in [2.75, 3.05) is 18.5 Å². The molecule has 2 heterocycles. The zero-order valence-corrected chi connectivity index (χ0v) is 14.3. The van der Waals surface area contributed by atoms with E-state index in [1.54, 1.807) is 0 Å². The smallest absolute Gasteiger partial charge is 0.412 e. The first-order chi connectivity index (χ1) is 12.8. The van der Waals surface area contributed by atoms with E-state index in [0.29, 0.717) is 18.9 Å². The van der Waals surface area contributed by atoms with Crippen LogP contribution in [0.5, 0.6) is 0 Å². The quantitative estimate of drug-likeness (QED) is 0.864. The molecule has 0 aliphatic carbocycles. The van der Waals surface area contributed by atoms with Crippen LogP contribution in [-0.4, -0.2) is 43.7 Å². The summed E-state index contributed by atoms with van der Waals surface area (Å²) in [7, 11) is 0. The molecule has 2 aromatic carbocycles. The van der Waals surface area contributed by atoms with E-state index >= 15 is 0 Å². The summed E-state index contributed by atoms with van der Waals surface area (Å²) in [6.45, 7) is 1.64. The van der Waals surface area contributed by atoms with Gasteiger partial charge in [0.1, 0.15) is 12.2 Å². The lowest BCUT2D eigenvalue weighted by atomic mass is 10.1. The number of rotatable bonds is 5. The highest BCUT2D eigenvalue weighted by Crippen LogP contribution is 2.29. The molecule has 0 bridgehead atoms. The summed E-state index contributed by atoms with van der Waals surface area (Å²) in [6.07, 6.45) is -1.22. The van der Waals surface area contributed by atoms with Gasteiger partial charge in [-0.2, -0.15) is 0 Å². The number of hydrogen-bond acceptors (Lipinski definition) is 5. The van der Waals surface area contributed by atoms with Gasteiger partial charge in [-0.15, -0.1) is 0 Å². The molecule has 26 heavy (non-hydrogen) atoms. The minimum absolute atomic E-state index is 0.0889. The van der Waals surface area contributed by atoms with E-state index in [1.165, 1.54) is 5.56 Å². The van der Waals surface area contributed by atoms with Crippen LogP contribution in [-0.2, 0) is 20.8 Å². The Morgan fingerprint density at radius 3 is 2.42 bits per heavy atom. The maximum atomic E-state index is 12.1. The van der Waals surface area contributed by atoms with Crippen molar-refractivity contribution in [3.8, 4) is 0 Å². The molecule has 0 unspecified atom stereocenters. The molecule has 4 atom stereocenters. The number of carbonyl (C=O) groups excluding carboxylic acids is 1. The van der Waals surface area contributed by atoms with Gasteiger partial charge in [0.05, 0.1) is 19.3 Å². The van der Waals surface area contributed by atoms with Crippen molar-refractivity contribution in [1.29, 1.82) is 0 Å².